The molecule has 43 rings (SSSR count). The molecule has 1 saturated heterocycles. The van der Waals surface area contributed by atoms with Crippen molar-refractivity contribution in [1.82, 2.24) is 4.90 Å². The van der Waals surface area contributed by atoms with Crippen molar-refractivity contribution in [2.24, 2.45) is 0 Å². The summed E-state index contributed by atoms with van der Waals surface area (Å²) in [4.78, 5) is 9.03. The van der Waals surface area contributed by atoms with Crippen LogP contribution in [0.5, 0.6) is 0 Å². The fourth-order valence-corrected chi connectivity index (χ4v) is 44.1. The first kappa shape index (κ1) is 74.3. The minimum Gasteiger partial charge on any atom is -0.296 e. The maximum Gasteiger partial charge on any atom is 0.0590 e. The van der Waals surface area contributed by atoms with E-state index in [4.69, 9.17) is 0 Å². The van der Waals surface area contributed by atoms with Crippen molar-refractivity contribution in [3.63, 3.8) is 0 Å². The lowest BCUT2D eigenvalue weighted by atomic mass is 9.48. The minimum atomic E-state index is -0.439. The summed E-state index contributed by atoms with van der Waals surface area (Å²) in [5, 5.41) is 95.7. The fourth-order valence-electron chi connectivity index (χ4n) is 41.4. The topological polar surface area (TPSA) is 3.24 Å². The van der Waals surface area contributed by atoms with E-state index in [0.717, 1.165) is 6.54 Å². The number of nitrogens with zero attached hydrogens (tertiary/aromatic N) is 1. The highest BCUT2D eigenvalue weighted by Crippen LogP contribution is 2.88. The predicted molar refractivity (Wildman–Crippen MR) is 617 cm³/mol. The molecule has 1 aliphatic heterocycles. The van der Waals surface area contributed by atoms with Gasteiger partial charge in [-0.05, 0) is 495 Å². The van der Waals surface area contributed by atoms with Gasteiger partial charge in [0.05, 0.1) is 16.9 Å². The van der Waals surface area contributed by atoms with Gasteiger partial charge in [0.25, 0.3) is 0 Å². The van der Waals surface area contributed by atoms with Crippen molar-refractivity contribution >= 4 is 325 Å². The zero-order chi connectivity index (χ0) is 91.2. The van der Waals surface area contributed by atoms with Gasteiger partial charge in [0.15, 0.2) is 0 Å². The van der Waals surface area contributed by atoms with Crippen molar-refractivity contribution in [1.29, 1.82) is 0 Å². The molecule has 35 aromatic rings. The van der Waals surface area contributed by atoms with Gasteiger partial charge in [-0.15, -0.1) is 34.0 Å². The van der Waals surface area contributed by atoms with Gasteiger partial charge in [-0.1, -0.05) is 244 Å². The fraction of sp³-hybridized carbons (Fsp3) is 0.319. The molecule has 32 aromatic carbocycles. The van der Waals surface area contributed by atoms with Crippen LogP contribution in [0.3, 0.4) is 0 Å². The number of thiophene rings is 3. The zero-order valence-corrected chi connectivity index (χ0v) is 84.4. The summed E-state index contributed by atoms with van der Waals surface area (Å²) in [6.45, 7) is 15.8. The summed E-state index contributed by atoms with van der Waals surface area (Å²) in [6, 6.07) is 40.4. The second-order valence-electron chi connectivity index (χ2n) is 49.6. The second-order valence-corrected chi connectivity index (χ2v) is 52.6. The Bertz CT molecular complexity index is 11000. The largest absolute Gasteiger partial charge is 0.296 e. The van der Waals surface area contributed by atoms with Crippen molar-refractivity contribution < 1.29 is 0 Å². The third kappa shape index (κ3) is 6.45. The molecule has 4 heteroatoms. The standard InChI is InChI=1S/C138H101NS3/c1-8-14-20-26-44-134(45-27-21-15-9-2)63-53-57(66-35-33-51-141-66)37-40-60(63)70-126(134)69-59-39-36-56(65-34-32-50-140-65)52-62(59)135(46-28-22-16-10-3,47-29-23-17-11-4)127(69)71-61-41-38-58(54-64(61)136(128(70)71,48-30-24-18-12-5)49-31-25-19-13-6)67-42-43-68(142-67)133-138-131-122-116-106-94-86-78-74-72-73-76-80(78)88(94)98-92-84(76)85-77(73)81-79-75(72)83-82(74)90-96(86)104-110-100(90)101-91(83)97-87(79)95-89(81)99-93(85)103-102(92)114(108(98)116)124(131)125-115(103)109(99)117-107(95)113-105(97)111(101)119-118(110)129(120(122)112(104)106)137(138,55-139(133)7)130(119)121(113)123(117)132(125)138/h32-43,50-54,133H,8-31,44-49,55H2,1-7H3. The molecule has 676 valence electrons. The molecule has 0 radical (unpaired) electrons. The Hall–Kier alpha value is -11.6. The molecule has 2 spiro atoms. The van der Waals surface area contributed by atoms with E-state index in [9.17, 15) is 0 Å². The minimum absolute atomic E-state index is 0.0661. The molecular formula is C138H101NS3. The predicted octanol–water partition coefficient (Wildman–Crippen LogP) is 41.8. The van der Waals surface area contributed by atoms with Crippen molar-refractivity contribution in [2.75, 3.05) is 13.6 Å². The molecule has 3 aromatic heterocycles. The van der Waals surface area contributed by atoms with Gasteiger partial charge in [0.1, 0.15) is 0 Å². The van der Waals surface area contributed by atoms with Crippen LogP contribution < -0.4 is 0 Å². The average Bonchev–Trinajstić information content (AvgIpc) is 1.38. The zero-order valence-electron chi connectivity index (χ0n) is 82.0. The van der Waals surface area contributed by atoms with E-state index in [1.165, 1.54) is 224 Å². The van der Waals surface area contributed by atoms with Gasteiger partial charge in [-0.2, -0.15) is 0 Å². The van der Waals surface area contributed by atoms with E-state index in [1.807, 2.05) is 22.7 Å². The van der Waals surface area contributed by atoms with Crippen LogP contribution in [0.2, 0.25) is 0 Å². The first-order valence-corrected chi connectivity index (χ1v) is 59.2. The molecule has 142 heavy (non-hydrogen) atoms. The molecule has 1 nitrogen and oxygen atoms in total. The van der Waals surface area contributed by atoms with Crippen LogP contribution >= 0.6 is 34.0 Å². The van der Waals surface area contributed by atoms with Crippen LogP contribution in [0.4, 0.5) is 0 Å². The summed E-state index contributed by atoms with van der Waals surface area (Å²) in [5.41, 5.74) is 30.5. The lowest BCUT2D eigenvalue weighted by Crippen LogP contribution is -2.51. The van der Waals surface area contributed by atoms with Crippen molar-refractivity contribution in [3.8, 4) is 64.7 Å². The molecule has 0 N–H and O–H groups in total. The lowest BCUT2D eigenvalue weighted by molar-refractivity contribution is 0.276. The highest BCUT2D eigenvalue weighted by Gasteiger charge is 2.76. The number of hydrogen-bond acceptors (Lipinski definition) is 4. The lowest BCUT2D eigenvalue weighted by Gasteiger charge is -2.52. The van der Waals surface area contributed by atoms with Crippen LogP contribution in [0, 0.1) is 0 Å². The van der Waals surface area contributed by atoms with Gasteiger partial charge in [0, 0.05) is 42.3 Å². The number of benzene rings is 22. The summed E-state index contributed by atoms with van der Waals surface area (Å²) in [5.74, 6) is 0. The molecule has 7 aliphatic carbocycles. The Morgan fingerprint density at radius 2 is 0.472 bits per heavy atom. The third-order valence-corrected chi connectivity index (χ3v) is 47.8. The van der Waals surface area contributed by atoms with Gasteiger partial charge in [0.2, 0.25) is 0 Å². The van der Waals surface area contributed by atoms with Gasteiger partial charge < -0.3 is 0 Å². The molecule has 1 atom stereocenters. The van der Waals surface area contributed by atoms with E-state index >= 15 is 0 Å². The summed E-state index contributed by atoms with van der Waals surface area (Å²) < 4.78 is 0. The number of likely N-dealkylation sites (N-methyl/N-ethyl adjacent to an activating group) is 1. The van der Waals surface area contributed by atoms with Crippen molar-refractivity contribution in [2.45, 2.75) is 267 Å². The Balaban J connectivity index is 0.604. The molecular weight excluding hydrogens is 1770 g/mol. The summed E-state index contributed by atoms with van der Waals surface area (Å²) >= 11 is 6.18. The molecule has 1 unspecified atom stereocenters. The Labute approximate surface area is 830 Å². The van der Waals surface area contributed by atoms with Gasteiger partial charge >= 0.3 is 0 Å². The maximum absolute atomic E-state index is 3.12. The molecule has 0 amide bonds. The van der Waals surface area contributed by atoms with Crippen LogP contribution in [0.1, 0.15) is 301 Å². The highest BCUT2D eigenvalue weighted by molar-refractivity contribution is 7.15. The van der Waals surface area contributed by atoms with E-state index in [2.05, 4.69) is 167 Å². The van der Waals surface area contributed by atoms with Crippen LogP contribution in [-0.2, 0) is 27.1 Å². The van der Waals surface area contributed by atoms with E-state index < -0.39 is 5.41 Å². The molecule has 8 aliphatic rings. The van der Waals surface area contributed by atoms with Crippen LogP contribution in [-0.4, -0.2) is 18.5 Å². The van der Waals surface area contributed by atoms with Crippen LogP contribution in [0.25, 0.3) is 356 Å². The smallest absolute Gasteiger partial charge is 0.0590 e. The van der Waals surface area contributed by atoms with Gasteiger partial charge in [-0.25, -0.2) is 0 Å². The maximum atomic E-state index is 3.12. The Morgan fingerprint density at radius 3 is 0.704 bits per heavy atom. The first-order valence-electron chi connectivity index (χ1n) is 56.6. The normalized spacial score (nSPS) is 19.6. The molecule has 0 saturated carbocycles. The second kappa shape index (κ2) is 22.7. The SMILES string of the molecule is CCCCCCC1(CCCCCC)c2cc(-c3cccs3)ccc2-c2c1c1c(c3c2C(CCCCCC)(CCCCCC)c2cc(-c4ccc(C5N(C)CC67c8c9c%10c%11c%12c%13c(c%14c%15c6c6c8c8c%16c9c9c%10c%10c%12c%12c%17c%13c%13c%14c%14c%15c%15c6c6c8c8c%16c%16c9c9c%10c%12c%10c%12c%17c%13c%13c%14c%14c%15c6c6c8c8c%16c9c%10c9c%12c%13c%14c6c89)C%1157)s4)ccc2-3)C(CCCCCC)(CCCCCC)c2cc(-c3cccs3)ccc2-1. The first-order chi connectivity index (χ1) is 70.3. The quantitative estimate of drug-likeness (QED) is 0.0287. The summed E-state index contributed by atoms with van der Waals surface area (Å²) in [6.07, 6.45) is 37.6. The van der Waals surface area contributed by atoms with E-state index in [0.29, 0.717) is 0 Å². The number of likely N-dealkylation sites (tertiary alicyclic amines) is 1. The van der Waals surface area contributed by atoms with E-state index in [-0.39, 0.29) is 27.7 Å². The molecule has 4 heterocycles. The van der Waals surface area contributed by atoms with Crippen molar-refractivity contribution in [3.05, 3.63) is 162 Å². The Kier molecular flexibility index (Phi) is 11.9. The molecule has 0 bridgehead atoms. The summed E-state index contributed by atoms with van der Waals surface area (Å²) in [7, 11) is 2.71. The number of unbranched alkanes of at least 4 members (excludes halogenated alkanes) is 18. The Morgan fingerprint density at radius 1 is 0.239 bits per heavy atom. The van der Waals surface area contributed by atoms with Crippen LogP contribution in [0.15, 0.2) is 102 Å². The number of fused-ring (bicyclic) bond motifs is 12. The average molecular weight is 1870 g/mol. The third-order valence-electron chi connectivity index (χ3n) is 44.8. The van der Waals surface area contributed by atoms with Gasteiger partial charge in [-0.3, -0.25) is 4.90 Å². The molecule has 1 fully saturated rings. The highest BCUT2D eigenvalue weighted by atomic mass is 32.1. The number of rotatable bonds is 34. The monoisotopic (exact) mass is 1870 g/mol. The van der Waals surface area contributed by atoms with E-state index in [1.54, 1.807) is 385 Å². The number of hydrogen-bond donors (Lipinski definition) is 0.